The lowest BCUT2D eigenvalue weighted by Gasteiger charge is -2.04. The van der Waals surface area contributed by atoms with Gasteiger partial charge in [0.25, 0.3) is 0 Å². The van der Waals surface area contributed by atoms with E-state index in [1.165, 1.54) is 6.07 Å². The first-order valence-corrected chi connectivity index (χ1v) is 3.43. The van der Waals surface area contributed by atoms with Crippen molar-refractivity contribution in [2.24, 2.45) is 0 Å². The van der Waals surface area contributed by atoms with Crippen molar-refractivity contribution in [2.75, 3.05) is 0 Å². The van der Waals surface area contributed by atoms with Gasteiger partial charge < -0.3 is 10.4 Å². The number of carbonyl (C=O) groups excluding carboxylic acids is 1. The largest absolute Gasteiger partial charge is 0.507 e. The van der Waals surface area contributed by atoms with Gasteiger partial charge in [0.15, 0.2) is 0 Å². The lowest BCUT2D eigenvalue weighted by Crippen LogP contribution is -2.07. The highest BCUT2D eigenvalue weighted by molar-refractivity contribution is 5.74. The Bertz CT molecular complexity index is 307. The van der Waals surface area contributed by atoms with E-state index >= 15 is 0 Å². The number of phenols is 1. The number of hydrogen-bond donors (Lipinski definition) is 2. The summed E-state index contributed by atoms with van der Waals surface area (Å²) in [5, 5.41) is 11.7. The molecule has 0 saturated heterocycles. The quantitative estimate of drug-likeness (QED) is 0.656. The second kappa shape index (κ2) is 3.57. The second-order valence-electron chi connectivity index (χ2n) is 2.26. The maximum atomic E-state index is 10.0. The third kappa shape index (κ3) is 1.63. The molecular weight excluding hydrogens is 154 g/mol. The predicted octanol–water partition coefficient (Wildman–Crippen LogP) is 1.11. The summed E-state index contributed by atoms with van der Waals surface area (Å²) in [6, 6.07) is 6.67. The fraction of sp³-hybridized carbons (Fsp3) is 0. The van der Waals surface area contributed by atoms with Crippen LogP contribution in [0.1, 0.15) is 5.56 Å². The number of nitrogens with one attached hydrogen (secondary N) is 1. The summed E-state index contributed by atoms with van der Waals surface area (Å²) in [6.45, 7) is 3.57. The maximum Gasteiger partial charge on any atom is 0.211 e. The zero-order chi connectivity index (χ0) is 8.97. The molecule has 1 rings (SSSR count). The molecule has 0 fully saturated rings. The lowest BCUT2D eigenvalue weighted by molar-refractivity contribution is -0.108. The predicted molar refractivity (Wildman–Crippen MR) is 46.3 cm³/mol. The van der Waals surface area contributed by atoms with Gasteiger partial charge in [0.05, 0.1) is 0 Å². The van der Waals surface area contributed by atoms with E-state index in [4.69, 9.17) is 0 Å². The SMILES string of the molecule is C=C(NC=O)c1ccccc1O. The Morgan fingerprint density at radius 1 is 1.50 bits per heavy atom. The molecule has 3 heteroatoms. The summed E-state index contributed by atoms with van der Waals surface area (Å²) < 4.78 is 0. The minimum Gasteiger partial charge on any atom is -0.507 e. The Morgan fingerprint density at radius 2 is 2.17 bits per heavy atom. The van der Waals surface area contributed by atoms with Crippen LogP contribution in [0, 0.1) is 0 Å². The molecule has 62 valence electrons. The first-order chi connectivity index (χ1) is 5.75. The summed E-state index contributed by atoms with van der Waals surface area (Å²) in [5.74, 6) is 0.108. The Kier molecular flexibility index (Phi) is 2.48. The van der Waals surface area contributed by atoms with Crippen molar-refractivity contribution in [1.29, 1.82) is 0 Å². The standard InChI is InChI=1S/C9H9NO2/c1-7(10-6-11)8-4-2-3-5-9(8)12/h2-6,12H,1H2,(H,10,11). The Hall–Kier alpha value is -1.77. The Labute approximate surface area is 70.3 Å². The summed E-state index contributed by atoms with van der Waals surface area (Å²) >= 11 is 0. The molecule has 0 unspecified atom stereocenters. The van der Waals surface area contributed by atoms with Gasteiger partial charge in [0, 0.05) is 11.3 Å². The van der Waals surface area contributed by atoms with Crippen LogP contribution < -0.4 is 5.32 Å². The number of rotatable bonds is 3. The van der Waals surface area contributed by atoms with Gasteiger partial charge in [0.2, 0.25) is 6.41 Å². The number of phenolic OH excluding ortho intramolecular Hbond substituents is 1. The van der Waals surface area contributed by atoms with Crippen molar-refractivity contribution in [1.82, 2.24) is 5.32 Å². The normalized spacial score (nSPS) is 9.00. The van der Waals surface area contributed by atoms with Crippen molar-refractivity contribution in [3.63, 3.8) is 0 Å². The Balaban J connectivity index is 2.94. The molecule has 0 aromatic heterocycles. The van der Waals surface area contributed by atoms with E-state index in [2.05, 4.69) is 11.9 Å². The van der Waals surface area contributed by atoms with Crippen molar-refractivity contribution in [3.05, 3.63) is 36.4 Å². The maximum absolute atomic E-state index is 10.0. The van der Waals surface area contributed by atoms with Gasteiger partial charge in [-0.25, -0.2) is 0 Å². The van der Waals surface area contributed by atoms with E-state index in [9.17, 15) is 9.90 Å². The third-order valence-electron chi connectivity index (χ3n) is 1.46. The number of amides is 1. The molecule has 0 aliphatic rings. The minimum atomic E-state index is 0.108. The van der Waals surface area contributed by atoms with E-state index in [-0.39, 0.29) is 5.75 Å². The molecule has 0 saturated carbocycles. The lowest BCUT2D eigenvalue weighted by atomic mass is 10.1. The minimum absolute atomic E-state index is 0.108. The van der Waals surface area contributed by atoms with Crippen molar-refractivity contribution in [2.45, 2.75) is 0 Å². The molecule has 0 radical (unpaired) electrons. The monoisotopic (exact) mass is 163 g/mol. The van der Waals surface area contributed by atoms with Crippen LogP contribution >= 0.6 is 0 Å². The third-order valence-corrected chi connectivity index (χ3v) is 1.46. The highest BCUT2D eigenvalue weighted by atomic mass is 16.3. The fourth-order valence-electron chi connectivity index (χ4n) is 0.878. The number of benzene rings is 1. The van der Waals surface area contributed by atoms with Crippen LogP contribution in [0.3, 0.4) is 0 Å². The van der Waals surface area contributed by atoms with Gasteiger partial charge in [-0.2, -0.15) is 0 Å². The average Bonchev–Trinajstić information content (AvgIpc) is 2.05. The van der Waals surface area contributed by atoms with Crippen LogP contribution in [0.5, 0.6) is 5.75 Å². The zero-order valence-electron chi connectivity index (χ0n) is 6.45. The van der Waals surface area contributed by atoms with Crippen LogP contribution in [0.4, 0.5) is 0 Å². The van der Waals surface area contributed by atoms with Crippen LogP contribution in [-0.2, 0) is 4.79 Å². The van der Waals surface area contributed by atoms with Gasteiger partial charge in [0.1, 0.15) is 5.75 Å². The van der Waals surface area contributed by atoms with E-state index in [1.54, 1.807) is 18.2 Å². The molecular formula is C9H9NO2. The topological polar surface area (TPSA) is 49.3 Å². The average molecular weight is 163 g/mol. The second-order valence-corrected chi connectivity index (χ2v) is 2.26. The molecule has 1 amide bonds. The first-order valence-electron chi connectivity index (χ1n) is 3.43. The molecule has 0 atom stereocenters. The molecule has 1 aromatic rings. The number of hydrogen-bond acceptors (Lipinski definition) is 2. The molecule has 3 nitrogen and oxygen atoms in total. The van der Waals surface area contributed by atoms with Gasteiger partial charge >= 0.3 is 0 Å². The van der Waals surface area contributed by atoms with Gasteiger partial charge in [-0.3, -0.25) is 4.79 Å². The molecule has 1 aromatic carbocycles. The van der Waals surface area contributed by atoms with Crippen molar-refractivity contribution >= 4 is 12.1 Å². The van der Waals surface area contributed by atoms with Crippen LogP contribution in [0.15, 0.2) is 30.8 Å². The van der Waals surface area contributed by atoms with Crippen molar-refractivity contribution < 1.29 is 9.90 Å². The molecule has 0 aliphatic carbocycles. The smallest absolute Gasteiger partial charge is 0.211 e. The van der Waals surface area contributed by atoms with Crippen LogP contribution in [0.2, 0.25) is 0 Å². The molecule has 12 heavy (non-hydrogen) atoms. The number of carbonyl (C=O) groups is 1. The van der Waals surface area contributed by atoms with Gasteiger partial charge in [-0.15, -0.1) is 0 Å². The molecule has 0 aliphatic heterocycles. The summed E-state index contributed by atoms with van der Waals surface area (Å²) in [7, 11) is 0. The van der Waals surface area contributed by atoms with Crippen molar-refractivity contribution in [3.8, 4) is 5.75 Å². The first kappa shape index (κ1) is 8.33. The molecule has 0 spiro atoms. The molecule has 0 bridgehead atoms. The fourth-order valence-corrected chi connectivity index (χ4v) is 0.878. The van der Waals surface area contributed by atoms with Gasteiger partial charge in [-0.05, 0) is 12.1 Å². The van der Waals surface area contributed by atoms with Crippen LogP contribution in [-0.4, -0.2) is 11.5 Å². The van der Waals surface area contributed by atoms with Crippen LogP contribution in [0.25, 0.3) is 5.70 Å². The molecule has 0 heterocycles. The van der Waals surface area contributed by atoms with E-state index in [0.717, 1.165) is 0 Å². The Morgan fingerprint density at radius 3 is 2.75 bits per heavy atom. The van der Waals surface area contributed by atoms with E-state index < -0.39 is 0 Å². The zero-order valence-corrected chi connectivity index (χ0v) is 6.45. The summed E-state index contributed by atoms with van der Waals surface area (Å²) in [4.78, 5) is 10.0. The van der Waals surface area contributed by atoms with Gasteiger partial charge in [-0.1, -0.05) is 18.7 Å². The number of aromatic hydroxyl groups is 1. The highest BCUT2D eigenvalue weighted by Gasteiger charge is 2.01. The highest BCUT2D eigenvalue weighted by Crippen LogP contribution is 2.20. The summed E-state index contributed by atoms with van der Waals surface area (Å²) in [6.07, 6.45) is 0.523. The molecule has 2 N–H and O–H groups in total. The van der Waals surface area contributed by atoms with E-state index in [0.29, 0.717) is 17.7 Å². The number of para-hydroxylation sites is 1. The van der Waals surface area contributed by atoms with E-state index in [1.807, 2.05) is 0 Å². The summed E-state index contributed by atoms with van der Waals surface area (Å²) in [5.41, 5.74) is 0.924.